The smallest absolute Gasteiger partial charge is 0.412 e. The van der Waals surface area contributed by atoms with Gasteiger partial charge >= 0.3 is 12.1 Å². The molecule has 4 fully saturated rings. The predicted octanol–water partition coefficient (Wildman–Crippen LogP) is 13.2. The molecule has 0 spiro atoms. The molecule has 0 aromatic rings. The van der Waals surface area contributed by atoms with Crippen molar-refractivity contribution in [2.75, 3.05) is 72.8 Å². The van der Waals surface area contributed by atoms with Crippen LogP contribution < -0.4 is 5.32 Å². The summed E-state index contributed by atoms with van der Waals surface area (Å²) in [5.74, 6) is -3.44. The van der Waals surface area contributed by atoms with Crippen LogP contribution in [0.1, 0.15) is 156 Å². The lowest BCUT2D eigenvalue weighted by atomic mass is 9.93. The van der Waals surface area contributed by atoms with Gasteiger partial charge < -0.3 is 79.7 Å². The van der Waals surface area contributed by atoms with Crippen LogP contribution in [0.5, 0.6) is 0 Å². The second kappa shape index (κ2) is 44.5. The molecular formula is C68H133B4F4N5O20P6SSi2. The third-order valence-electron chi connectivity index (χ3n) is 20.6. The van der Waals surface area contributed by atoms with Gasteiger partial charge in [-0.25, -0.2) is 13.7 Å². The van der Waals surface area contributed by atoms with E-state index in [1.807, 2.05) is 71.4 Å². The molecule has 4 heterocycles. The number of nitriles is 2. The third-order valence-corrected chi connectivity index (χ3v) is 42.9. The molecule has 14 unspecified atom stereocenters. The van der Waals surface area contributed by atoms with Crippen LogP contribution in [-0.4, -0.2) is 305 Å². The standard InChI is InChI=1S/C20H35BF3N3O5P2.C18H34BFN2O4P2.C16H34BO6PSSi.C14H30BO5PSi/c1-12(2)27(13(3)4)33(30-10-8-9-25)32-16-11-15(31-18(16)21)17(14(5)34(6,7)29)26-19(28)20(22,23)24;1-12(2)22(13(3)4)27(24-10-8-9-21)26-16-11-15(25-18(16)19)17(20)14(5)28(6,7)23;1-11(24(5,6)18)14(22-25(7,19)20)12-10-13(15(17)21-12)23-26(8,9)16(2,3)4;1-14(2,3)22(6,7)20-10-8-9(19-12(10)15)11(16)13(17)21(4,5)18/h12-18H,8,10-11H2,1-7H3,(H,26,28);12-18H,8,10-11H2,1-7H3;11-15H,10H2,1-9H3;9-13,16-17H,8H2,1-7H3/t14?,15-,16?,17?,18+,33?;14?,15-,16?,17?,18+,27?;11?,12-,13?,14?,15+;9-,10?,11?,12+,13?/m0000/s1. The first-order chi connectivity index (χ1) is 49.4. The van der Waals surface area contributed by atoms with Gasteiger partial charge in [-0.2, -0.15) is 32.1 Å². The Morgan fingerprint density at radius 2 is 0.882 bits per heavy atom. The van der Waals surface area contributed by atoms with Gasteiger partial charge in [0.25, 0.3) is 27.2 Å². The zero-order chi connectivity index (χ0) is 86.3. The zero-order valence-corrected chi connectivity index (χ0v) is 79.1. The summed E-state index contributed by atoms with van der Waals surface area (Å²) in [6.45, 7) is 54.8. The highest BCUT2D eigenvalue weighted by atomic mass is 32.2. The first-order valence-corrected chi connectivity index (χ1v) is 57.9. The van der Waals surface area contributed by atoms with Crippen molar-refractivity contribution >= 4 is 110 Å². The van der Waals surface area contributed by atoms with E-state index >= 15 is 0 Å². The number of carbonyl (C=O) groups excluding carboxylic acids is 1. The first kappa shape index (κ1) is 108. The van der Waals surface area contributed by atoms with Crippen LogP contribution in [0.25, 0.3) is 0 Å². The average molecular weight is 1730 g/mol. The Labute approximate surface area is 668 Å². The molecule has 634 valence electrons. The van der Waals surface area contributed by atoms with Crippen molar-refractivity contribution < 1.29 is 109 Å². The largest absolute Gasteiger partial charge is 0.471 e. The Bertz CT molecular complexity index is 3230. The molecule has 0 bridgehead atoms. The maximum absolute atomic E-state index is 14.9. The number of halogens is 4. The van der Waals surface area contributed by atoms with E-state index in [2.05, 4.69) is 78.5 Å². The summed E-state index contributed by atoms with van der Waals surface area (Å²) in [4.78, 5) is 11.7. The van der Waals surface area contributed by atoms with Crippen LogP contribution in [0.4, 0.5) is 17.6 Å². The lowest BCUT2D eigenvalue weighted by Crippen LogP contribution is -2.53. The van der Waals surface area contributed by atoms with E-state index in [4.69, 9.17) is 92.0 Å². The van der Waals surface area contributed by atoms with Gasteiger partial charge in [-0.15, -0.1) is 0 Å². The van der Waals surface area contributed by atoms with Crippen molar-refractivity contribution in [1.29, 1.82) is 10.5 Å². The number of alkyl halides is 4. The number of carbonyl (C=O) groups is 1. The van der Waals surface area contributed by atoms with Crippen LogP contribution in [0.2, 0.25) is 36.3 Å². The second-order valence-electron chi connectivity index (χ2n) is 34.8. The lowest BCUT2D eigenvalue weighted by Gasteiger charge is -2.39. The molecule has 4 aliphatic rings. The number of rotatable bonds is 35. The Balaban J connectivity index is 0.000000742. The Morgan fingerprint density at radius 1 is 0.564 bits per heavy atom. The third kappa shape index (κ3) is 34.6. The quantitative estimate of drug-likeness (QED) is 0.0174. The maximum Gasteiger partial charge on any atom is 0.471 e. The second-order valence-corrected chi connectivity index (χ2v) is 63.2. The summed E-state index contributed by atoms with van der Waals surface area (Å²) in [5.41, 5.74) is -1.90. The van der Waals surface area contributed by atoms with Gasteiger partial charge in [0.1, 0.15) is 62.8 Å². The Hall–Kier alpha value is -0.00649. The lowest BCUT2D eigenvalue weighted by molar-refractivity contribution is -0.175. The molecule has 3 N–H and O–H groups in total. The molecule has 0 saturated carbocycles. The molecule has 0 aromatic heterocycles. The molecule has 1 amide bonds. The van der Waals surface area contributed by atoms with E-state index in [0.29, 0.717) is 12.8 Å². The van der Waals surface area contributed by atoms with Crippen LogP contribution >= 0.6 is 45.6 Å². The molecule has 0 aromatic carbocycles. The van der Waals surface area contributed by atoms with E-state index < -0.39 is 192 Å². The molecular weight excluding hydrogens is 1600 g/mol. The van der Waals surface area contributed by atoms with Crippen molar-refractivity contribution in [1.82, 2.24) is 14.7 Å². The number of hydrogen-bond acceptors (Lipinski definition) is 24. The fourth-order valence-electron chi connectivity index (χ4n) is 11.4. The highest BCUT2D eigenvalue weighted by molar-refractivity contribution is 7.86. The van der Waals surface area contributed by atoms with E-state index in [-0.39, 0.29) is 85.3 Å². The van der Waals surface area contributed by atoms with Crippen molar-refractivity contribution in [3.05, 3.63) is 0 Å². The Kier molecular flexibility index (Phi) is 43.7. The van der Waals surface area contributed by atoms with Gasteiger partial charge in [-0.3, -0.25) is 8.98 Å². The molecule has 42 heteroatoms. The highest BCUT2D eigenvalue weighted by Crippen LogP contribution is 2.55. The van der Waals surface area contributed by atoms with Gasteiger partial charge in [0.05, 0.1) is 121 Å². The van der Waals surface area contributed by atoms with Crippen molar-refractivity contribution in [2.24, 2.45) is 0 Å². The fraction of sp³-hybridized carbons (Fsp3) is 0.956. The first-order valence-electron chi connectivity index (χ1n) is 37.4. The number of ether oxygens (including phenoxy) is 4. The normalized spacial score (nSPS) is 27.0. The number of nitrogens with zero attached hydrogens (tertiary/aromatic N) is 4. The number of nitrogens with one attached hydrogen (secondary N) is 1. The molecule has 25 nitrogen and oxygen atoms in total. The molecule has 8 radical (unpaired) electrons. The van der Waals surface area contributed by atoms with Gasteiger partial charge in [-0.05, 0) is 145 Å². The maximum atomic E-state index is 14.9. The van der Waals surface area contributed by atoms with E-state index in [1.165, 1.54) is 33.6 Å². The number of aliphatic hydroxyl groups excluding tert-OH is 2. The topological polar surface area (TPSA) is 328 Å². The summed E-state index contributed by atoms with van der Waals surface area (Å²) >= 11 is 0. The Morgan fingerprint density at radius 3 is 1.20 bits per heavy atom. The highest BCUT2D eigenvalue weighted by Gasteiger charge is 2.52. The van der Waals surface area contributed by atoms with E-state index in [1.54, 1.807) is 40.5 Å². The SMILES string of the molecule is [B][C@@H]1O[C@H](C(F)C(C)P(C)(C)=O)CC1OP(OCCC#N)N(C(C)C)C(C)C.[B][C@@H]1O[C@H](C(NC(=O)C(F)(F)F)C(C)P(C)(C)=O)CC1OP(OCCC#N)N(C(C)C)C(C)C.[B][C@@H]1O[C@H](C(O)C(O)P(C)(C)=O)CC1O[Si](C)(C)C(C)(C)C.[B][C@@H]1O[C@H](C(OS(C)(=O)=O)C(C)P(C)(C)=O)CC1O[Si](C)(C)C(C)(C)C. The predicted molar refractivity (Wildman–Crippen MR) is 441 cm³/mol. The van der Waals surface area contributed by atoms with Gasteiger partial charge in [-0.1, -0.05) is 62.3 Å². The fourth-order valence-corrected chi connectivity index (χ4v) is 22.2. The minimum Gasteiger partial charge on any atom is -0.412 e. The van der Waals surface area contributed by atoms with Gasteiger partial charge in [0, 0.05) is 90.8 Å². The van der Waals surface area contributed by atoms with Gasteiger partial charge in [0.15, 0.2) is 16.6 Å². The van der Waals surface area contributed by atoms with E-state index in [9.17, 15) is 59.2 Å². The molecule has 4 rings (SSSR count). The van der Waals surface area contributed by atoms with Crippen molar-refractivity contribution in [3.63, 3.8) is 0 Å². The summed E-state index contributed by atoms with van der Waals surface area (Å²) in [5, 5.41) is 39.8. The minimum atomic E-state index is -5.10. The minimum absolute atomic E-state index is 0.0172. The average Bonchev–Trinajstić information content (AvgIpc) is 1.65. The van der Waals surface area contributed by atoms with Gasteiger partial charge in [0.2, 0.25) is 0 Å². The summed E-state index contributed by atoms with van der Waals surface area (Å²) < 4.78 is 195. The number of hydrogen-bond donors (Lipinski definition) is 3. The molecule has 4 saturated heterocycles. The zero-order valence-electron chi connectivity index (χ0n) is 71.0. The van der Waals surface area contributed by atoms with Crippen LogP contribution in [0.3, 0.4) is 0 Å². The molecule has 4 aliphatic heterocycles. The van der Waals surface area contributed by atoms with Crippen LogP contribution in [0.15, 0.2) is 0 Å². The molecule has 110 heavy (non-hydrogen) atoms. The molecule has 0 aliphatic carbocycles. The van der Waals surface area contributed by atoms with E-state index in [0.717, 1.165) is 6.26 Å². The number of amides is 1. The monoisotopic (exact) mass is 1730 g/mol. The van der Waals surface area contributed by atoms with Crippen molar-refractivity contribution in [2.45, 2.75) is 343 Å². The summed E-state index contributed by atoms with van der Waals surface area (Å²) in [6.07, 6.45) is -10.9. The molecule has 22 atom stereocenters. The van der Waals surface area contributed by atoms with Crippen LogP contribution in [0, 0.1) is 22.7 Å². The number of aliphatic hydroxyl groups is 2. The van der Waals surface area contributed by atoms with Crippen molar-refractivity contribution in [3.8, 4) is 12.1 Å². The summed E-state index contributed by atoms with van der Waals surface area (Å²) in [6, 6.07) is 0.161. The summed E-state index contributed by atoms with van der Waals surface area (Å²) in [7, 11) is 2.45. The van der Waals surface area contributed by atoms with Crippen LogP contribution in [-0.2, 0) is 83.3 Å².